The van der Waals surface area contributed by atoms with E-state index in [0.29, 0.717) is 11.5 Å². The lowest BCUT2D eigenvalue weighted by molar-refractivity contribution is -0.384. The normalized spacial score (nSPS) is 10.1. The fraction of sp³-hybridized carbons (Fsp3) is 0.0833. The van der Waals surface area contributed by atoms with Crippen molar-refractivity contribution in [1.82, 2.24) is 4.57 Å². The van der Waals surface area contributed by atoms with E-state index in [1.54, 1.807) is 19.3 Å². The molecule has 0 atom stereocenters. The van der Waals surface area contributed by atoms with Gasteiger partial charge in [-0.15, -0.1) is 0 Å². The summed E-state index contributed by atoms with van der Waals surface area (Å²) >= 11 is 0. The molecule has 6 heteroatoms. The topological polar surface area (TPSA) is 74.4 Å². The van der Waals surface area contributed by atoms with Crippen LogP contribution in [0.2, 0.25) is 0 Å². The smallest absolute Gasteiger partial charge is 0.269 e. The molecule has 0 saturated carbocycles. The number of nitro groups is 1. The lowest BCUT2D eigenvalue weighted by Crippen LogP contribution is -2.13. The predicted octanol–water partition coefficient (Wildman–Crippen LogP) is 2.09. The third kappa shape index (κ3) is 2.54. The van der Waals surface area contributed by atoms with Crippen molar-refractivity contribution in [2.75, 3.05) is 0 Å². The number of rotatable bonds is 3. The second kappa shape index (κ2) is 4.70. The summed E-state index contributed by atoms with van der Waals surface area (Å²) in [6, 6.07) is 8.64. The Morgan fingerprint density at radius 1 is 1.17 bits per heavy atom. The van der Waals surface area contributed by atoms with Gasteiger partial charge < -0.3 is 9.30 Å². The third-order valence-electron chi connectivity index (χ3n) is 2.36. The standard InChI is InChI=1S/C12H10N2O4/c1-13-7-6-11(8-12(13)15)18-10-4-2-9(3-5-10)14(16)17/h2-8H,1H3. The van der Waals surface area contributed by atoms with E-state index in [1.165, 1.54) is 34.9 Å². The van der Waals surface area contributed by atoms with E-state index in [1.807, 2.05) is 0 Å². The summed E-state index contributed by atoms with van der Waals surface area (Å²) in [7, 11) is 1.64. The van der Waals surface area contributed by atoms with E-state index in [2.05, 4.69) is 0 Å². The Morgan fingerprint density at radius 2 is 1.83 bits per heavy atom. The molecule has 1 aromatic heterocycles. The molecule has 1 aromatic carbocycles. The number of ether oxygens (including phenoxy) is 1. The number of aromatic nitrogens is 1. The van der Waals surface area contributed by atoms with Crippen molar-refractivity contribution in [2.45, 2.75) is 0 Å². The quantitative estimate of drug-likeness (QED) is 0.613. The van der Waals surface area contributed by atoms with Gasteiger partial charge in [0.25, 0.3) is 11.2 Å². The van der Waals surface area contributed by atoms with Gasteiger partial charge in [0.1, 0.15) is 11.5 Å². The van der Waals surface area contributed by atoms with Crippen LogP contribution in [0.25, 0.3) is 0 Å². The molecule has 2 aromatic rings. The summed E-state index contributed by atoms with van der Waals surface area (Å²) in [5, 5.41) is 10.5. The molecule has 0 unspecified atom stereocenters. The highest BCUT2D eigenvalue weighted by molar-refractivity contribution is 5.38. The van der Waals surface area contributed by atoms with Crippen LogP contribution < -0.4 is 10.3 Å². The minimum Gasteiger partial charge on any atom is -0.457 e. The first-order chi connectivity index (χ1) is 8.56. The molecule has 18 heavy (non-hydrogen) atoms. The van der Waals surface area contributed by atoms with Crippen molar-refractivity contribution >= 4 is 5.69 Å². The summed E-state index contributed by atoms with van der Waals surface area (Å²) in [4.78, 5) is 21.4. The zero-order chi connectivity index (χ0) is 13.1. The minimum atomic E-state index is -0.484. The summed E-state index contributed by atoms with van der Waals surface area (Å²) in [5.41, 5.74) is -0.194. The molecule has 0 amide bonds. The highest BCUT2D eigenvalue weighted by Crippen LogP contribution is 2.22. The molecule has 0 aliphatic rings. The molecule has 0 aliphatic carbocycles. The Kier molecular flexibility index (Phi) is 3.09. The first-order valence-electron chi connectivity index (χ1n) is 5.15. The first kappa shape index (κ1) is 11.8. The molecule has 0 spiro atoms. The summed E-state index contributed by atoms with van der Waals surface area (Å²) in [6.07, 6.45) is 1.59. The maximum Gasteiger partial charge on any atom is 0.269 e. The van der Waals surface area contributed by atoms with Crippen LogP contribution in [0.15, 0.2) is 47.4 Å². The fourth-order valence-corrected chi connectivity index (χ4v) is 1.37. The molecule has 2 rings (SSSR count). The van der Waals surface area contributed by atoms with Crippen LogP contribution in [0.1, 0.15) is 0 Å². The first-order valence-corrected chi connectivity index (χ1v) is 5.15. The largest absolute Gasteiger partial charge is 0.457 e. The van der Waals surface area contributed by atoms with E-state index >= 15 is 0 Å². The van der Waals surface area contributed by atoms with Crippen molar-refractivity contribution in [3.8, 4) is 11.5 Å². The zero-order valence-electron chi connectivity index (χ0n) is 9.57. The van der Waals surface area contributed by atoms with Gasteiger partial charge in [-0.2, -0.15) is 0 Å². The Balaban J connectivity index is 2.20. The average molecular weight is 246 g/mol. The number of non-ortho nitro benzene ring substituents is 1. The Hall–Kier alpha value is -2.63. The number of nitrogens with zero attached hydrogens (tertiary/aromatic N) is 2. The summed E-state index contributed by atoms with van der Waals surface area (Å²) in [5.74, 6) is 0.834. The van der Waals surface area contributed by atoms with Crippen LogP contribution in [0.4, 0.5) is 5.69 Å². The Labute approximate surface area is 102 Å². The van der Waals surface area contributed by atoms with E-state index in [4.69, 9.17) is 4.74 Å². The van der Waals surface area contributed by atoms with Crippen LogP contribution in [-0.4, -0.2) is 9.49 Å². The third-order valence-corrected chi connectivity index (χ3v) is 2.36. The molecule has 1 heterocycles. The predicted molar refractivity (Wildman–Crippen MR) is 64.9 cm³/mol. The van der Waals surface area contributed by atoms with Crippen LogP contribution >= 0.6 is 0 Å². The number of aryl methyl sites for hydroxylation is 1. The van der Waals surface area contributed by atoms with E-state index in [0.717, 1.165) is 0 Å². The van der Waals surface area contributed by atoms with Gasteiger partial charge in [0.2, 0.25) is 0 Å². The zero-order valence-corrected chi connectivity index (χ0v) is 9.57. The monoisotopic (exact) mass is 246 g/mol. The van der Waals surface area contributed by atoms with Crippen LogP contribution in [0.5, 0.6) is 11.5 Å². The number of nitro benzene ring substituents is 1. The molecule has 0 N–H and O–H groups in total. The number of hydrogen-bond donors (Lipinski definition) is 0. The van der Waals surface area contributed by atoms with Crippen LogP contribution in [-0.2, 0) is 7.05 Å². The van der Waals surface area contributed by atoms with Crippen molar-refractivity contribution in [2.24, 2.45) is 7.05 Å². The minimum absolute atomic E-state index is 0.00803. The van der Waals surface area contributed by atoms with Crippen molar-refractivity contribution in [1.29, 1.82) is 0 Å². The van der Waals surface area contributed by atoms with Crippen molar-refractivity contribution < 1.29 is 9.66 Å². The van der Waals surface area contributed by atoms with E-state index in [9.17, 15) is 14.9 Å². The fourth-order valence-electron chi connectivity index (χ4n) is 1.37. The van der Waals surface area contributed by atoms with Gasteiger partial charge >= 0.3 is 0 Å². The van der Waals surface area contributed by atoms with Gasteiger partial charge in [0.15, 0.2) is 0 Å². The molecular weight excluding hydrogens is 236 g/mol. The number of benzene rings is 1. The molecule has 6 nitrogen and oxygen atoms in total. The second-order valence-electron chi connectivity index (χ2n) is 3.66. The lowest BCUT2D eigenvalue weighted by atomic mass is 10.3. The molecule has 0 bridgehead atoms. The maximum absolute atomic E-state index is 11.4. The molecular formula is C12H10N2O4. The van der Waals surface area contributed by atoms with Gasteiger partial charge in [0.05, 0.1) is 4.92 Å². The van der Waals surface area contributed by atoms with Gasteiger partial charge in [-0.25, -0.2) is 0 Å². The lowest BCUT2D eigenvalue weighted by Gasteiger charge is -2.05. The van der Waals surface area contributed by atoms with Crippen LogP contribution in [0.3, 0.4) is 0 Å². The van der Waals surface area contributed by atoms with Gasteiger partial charge in [-0.05, 0) is 18.2 Å². The highest BCUT2D eigenvalue weighted by atomic mass is 16.6. The molecule has 0 radical (unpaired) electrons. The van der Waals surface area contributed by atoms with Gasteiger partial charge in [-0.1, -0.05) is 0 Å². The molecule has 0 aliphatic heterocycles. The van der Waals surface area contributed by atoms with Gasteiger partial charge in [0, 0.05) is 31.4 Å². The van der Waals surface area contributed by atoms with Crippen LogP contribution in [0, 0.1) is 10.1 Å². The van der Waals surface area contributed by atoms with E-state index < -0.39 is 4.92 Å². The molecule has 92 valence electrons. The number of hydrogen-bond acceptors (Lipinski definition) is 4. The highest BCUT2D eigenvalue weighted by Gasteiger charge is 2.05. The number of pyridine rings is 1. The molecule has 0 saturated heterocycles. The second-order valence-corrected chi connectivity index (χ2v) is 3.66. The maximum atomic E-state index is 11.4. The van der Waals surface area contributed by atoms with Crippen molar-refractivity contribution in [3.63, 3.8) is 0 Å². The Morgan fingerprint density at radius 3 is 2.39 bits per heavy atom. The van der Waals surface area contributed by atoms with E-state index in [-0.39, 0.29) is 11.2 Å². The Bertz CT molecular complexity index is 631. The SMILES string of the molecule is Cn1ccc(Oc2ccc([N+](=O)[O-])cc2)cc1=O. The van der Waals surface area contributed by atoms with Crippen molar-refractivity contribution in [3.05, 3.63) is 63.1 Å². The summed E-state index contributed by atoms with van der Waals surface area (Å²) < 4.78 is 6.83. The van der Waals surface area contributed by atoms with Gasteiger partial charge in [-0.3, -0.25) is 14.9 Å². The average Bonchev–Trinajstić information content (AvgIpc) is 2.34. The molecule has 0 fully saturated rings. The summed E-state index contributed by atoms with van der Waals surface area (Å²) in [6.45, 7) is 0.